The first kappa shape index (κ1) is 19.6. The van der Waals surface area contributed by atoms with Crippen molar-refractivity contribution in [3.8, 4) is 0 Å². The van der Waals surface area contributed by atoms with Gasteiger partial charge in [0.2, 0.25) is 11.8 Å². The Morgan fingerprint density at radius 3 is 2.63 bits per heavy atom. The minimum absolute atomic E-state index is 0.214. The predicted molar refractivity (Wildman–Crippen MR) is 109 cm³/mol. The number of nitrogens with zero attached hydrogens (tertiary/aromatic N) is 2. The van der Waals surface area contributed by atoms with Crippen LogP contribution in [0.1, 0.15) is 34.3 Å². The van der Waals surface area contributed by atoms with E-state index in [1.54, 1.807) is 24.1 Å². The van der Waals surface area contributed by atoms with Crippen molar-refractivity contribution in [1.82, 2.24) is 15.1 Å². The van der Waals surface area contributed by atoms with E-state index in [0.717, 1.165) is 11.1 Å². The molecule has 2 aromatic carbocycles. The highest BCUT2D eigenvalue weighted by Crippen LogP contribution is 2.30. The molecule has 1 fully saturated rings. The summed E-state index contributed by atoms with van der Waals surface area (Å²) in [5.74, 6) is -0.974. The number of hydrogen-bond donors (Lipinski definition) is 2. The number of amides is 5. The number of carbonyl (C=O) groups is 4. The van der Waals surface area contributed by atoms with Gasteiger partial charge in [-0.1, -0.05) is 30.3 Å². The first-order chi connectivity index (χ1) is 14.4. The molecule has 2 N–H and O–H groups in total. The van der Waals surface area contributed by atoms with Crippen molar-refractivity contribution in [1.29, 1.82) is 0 Å². The van der Waals surface area contributed by atoms with Crippen molar-refractivity contribution in [2.24, 2.45) is 0 Å². The third kappa shape index (κ3) is 3.76. The summed E-state index contributed by atoms with van der Waals surface area (Å²) >= 11 is 0. The molecule has 1 unspecified atom stereocenters. The fourth-order valence-electron chi connectivity index (χ4n) is 3.87. The Labute approximate surface area is 173 Å². The topological polar surface area (TPSA) is 98.8 Å². The molecule has 2 aliphatic heterocycles. The summed E-state index contributed by atoms with van der Waals surface area (Å²) in [5.41, 5.74) is 2.90. The molecule has 0 bridgehead atoms. The van der Waals surface area contributed by atoms with Crippen molar-refractivity contribution in [2.75, 3.05) is 12.4 Å². The van der Waals surface area contributed by atoms with Crippen LogP contribution in [0, 0.1) is 0 Å². The highest BCUT2D eigenvalue weighted by atomic mass is 16.2. The molecule has 2 aliphatic rings. The Morgan fingerprint density at radius 1 is 1.13 bits per heavy atom. The van der Waals surface area contributed by atoms with E-state index in [2.05, 4.69) is 10.6 Å². The van der Waals surface area contributed by atoms with Crippen molar-refractivity contribution >= 4 is 29.4 Å². The molecule has 2 heterocycles. The number of anilines is 1. The van der Waals surface area contributed by atoms with Gasteiger partial charge in [0.1, 0.15) is 6.04 Å². The van der Waals surface area contributed by atoms with Crippen LogP contribution in [-0.2, 0) is 22.7 Å². The normalized spacial score (nSPS) is 18.1. The van der Waals surface area contributed by atoms with Crippen molar-refractivity contribution in [2.45, 2.75) is 32.0 Å². The second kappa shape index (κ2) is 7.98. The lowest BCUT2D eigenvalue weighted by molar-refractivity contribution is -0.136. The van der Waals surface area contributed by atoms with Gasteiger partial charge in [-0.05, 0) is 35.7 Å². The molecule has 0 saturated carbocycles. The van der Waals surface area contributed by atoms with E-state index in [-0.39, 0.29) is 30.8 Å². The first-order valence-electron chi connectivity index (χ1n) is 9.76. The van der Waals surface area contributed by atoms with Gasteiger partial charge in [-0.2, -0.15) is 0 Å². The van der Waals surface area contributed by atoms with Gasteiger partial charge in [-0.15, -0.1) is 0 Å². The summed E-state index contributed by atoms with van der Waals surface area (Å²) in [4.78, 5) is 52.1. The summed E-state index contributed by atoms with van der Waals surface area (Å²) in [5, 5.41) is 5.14. The second-order valence-electron chi connectivity index (χ2n) is 7.50. The predicted octanol–water partition coefficient (Wildman–Crippen LogP) is 2.11. The smallest absolute Gasteiger partial charge is 0.321 e. The number of rotatable bonds is 4. The van der Waals surface area contributed by atoms with Crippen molar-refractivity contribution in [3.05, 3.63) is 65.2 Å². The lowest BCUT2D eigenvalue weighted by Gasteiger charge is -2.29. The van der Waals surface area contributed by atoms with Crippen LogP contribution in [0.25, 0.3) is 0 Å². The van der Waals surface area contributed by atoms with Crippen LogP contribution in [0.15, 0.2) is 48.5 Å². The number of hydrogen-bond acceptors (Lipinski definition) is 4. The van der Waals surface area contributed by atoms with E-state index in [9.17, 15) is 19.2 Å². The lowest BCUT2D eigenvalue weighted by atomic mass is 10.0. The Hall–Kier alpha value is -3.68. The number of carbonyl (C=O) groups excluding carboxylic acids is 4. The number of nitrogens with one attached hydrogen (secondary N) is 2. The van der Waals surface area contributed by atoms with Crippen LogP contribution in [0.4, 0.5) is 10.5 Å². The van der Waals surface area contributed by atoms with Crippen LogP contribution < -0.4 is 10.6 Å². The van der Waals surface area contributed by atoms with Crippen LogP contribution in [0.2, 0.25) is 0 Å². The van der Waals surface area contributed by atoms with Gasteiger partial charge in [-0.25, -0.2) is 4.79 Å². The van der Waals surface area contributed by atoms with Crippen LogP contribution in [0.5, 0.6) is 0 Å². The minimum Gasteiger partial charge on any atom is -0.323 e. The maximum atomic E-state index is 12.9. The van der Waals surface area contributed by atoms with Gasteiger partial charge in [-0.3, -0.25) is 19.7 Å². The molecule has 0 aliphatic carbocycles. The Balaban J connectivity index is 1.49. The summed E-state index contributed by atoms with van der Waals surface area (Å²) < 4.78 is 0. The fraction of sp³-hybridized carbons (Fsp3) is 0.273. The third-order valence-electron chi connectivity index (χ3n) is 5.46. The van der Waals surface area contributed by atoms with Crippen molar-refractivity contribution < 1.29 is 19.2 Å². The molecule has 0 spiro atoms. The quantitative estimate of drug-likeness (QED) is 0.760. The Bertz CT molecular complexity index is 1020. The summed E-state index contributed by atoms with van der Waals surface area (Å²) in [6.07, 6.45) is 0.533. The zero-order valence-electron chi connectivity index (χ0n) is 16.6. The SMILES string of the molecule is CN(Cc1cccc2c1CN(C1CCC(=O)NC1=O)C2=O)C(=O)Nc1ccccc1. The summed E-state index contributed by atoms with van der Waals surface area (Å²) in [6.45, 7) is 0.600. The van der Waals surface area contributed by atoms with E-state index in [0.29, 0.717) is 24.2 Å². The second-order valence-corrected chi connectivity index (χ2v) is 7.50. The van der Waals surface area contributed by atoms with E-state index < -0.39 is 11.9 Å². The largest absolute Gasteiger partial charge is 0.323 e. The number of benzene rings is 2. The number of fused-ring (bicyclic) bond motifs is 1. The molecule has 2 aromatic rings. The van der Waals surface area contributed by atoms with E-state index in [4.69, 9.17) is 0 Å². The molecule has 154 valence electrons. The monoisotopic (exact) mass is 406 g/mol. The van der Waals surface area contributed by atoms with Gasteiger partial charge in [0, 0.05) is 37.8 Å². The van der Waals surface area contributed by atoms with Crippen molar-refractivity contribution in [3.63, 3.8) is 0 Å². The molecule has 0 aromatic heterocycles. The average molecular weight is 406 g/mol. The minimum atomic E-state index is -0.658. The van der Waals surface area contributed by atoms with Gasteiger partial charge in [0.05, 0.1) is 0 Å². The molecule has 1 atom stereocenters. The molecule has 30 heavy (non-hydrogen) atoms. The third-order valence-corrected chi connectivity index (χ3v) is 5.46. The Morgan fingerprint density at radius 2 is 1.90 bits per heavy atom. The molecular formula is C22H22N4O4. The maximum absolute atomic E-state index is 12.9. The zero-order valence-corrected chi connectivity index (χ0v) is 16.6. The summed E-state index contributed by atoms with van der Waals surface area (Å²) in [6, 6.07) is 13.7. The van der Waals surface area contributed by atoms with Crippen LogP contribution in [0.3, 0.4) is 0 Å². The van der Waals surface area contributed by atoms with Gasteiger partial charge in [0.25, 0.3) is 5.91 Å². The van der Waals surface area contributed by atoms with Gasteiger partial charge >= 0.3 is 6.03 Å². The zero-order chi connectivity index (χ0) is 21.3. The highest BCUT2D eigenvalue weighted by molar-refractivity contribution is 6.05. The number of imide groups is 1. The van der Waals surface area contributed by atoms with Gasteiger partial charge in [0.15, 0.2) is 0 Å². The first-order valence-corrected chi connectivity index (χ1v) is 9.76. The van der Waals surface area contributed by atoms with Crippen LogP contribution in [-0.4, -0.2) is 46.6 Å². The Kier molecular flexibility index (Phi) is 5.22. The maximum Gasteiger partial charge on any atom is 0.321 e. The molecule has 8 heteroatoms. The molecule has 4 rings (SSSR count). The lowest BCUT2D eigenvalue weighted by Crippen LogP contribution is -2.52. The van der Waals surface area contributed by atoms with E-state index in [1.165, 1.54) is 4.90 Å². The number of urea groups is 1. The molecule has 0 radical (unpaired) electrons. The fourth-order valence-corrected chi connectivity index (χ4v) is 3.87. The highest BCUT2D eigenvalue weighted by Gasteiger charge is 2.39. The average Bonchev–Trinajstić information content (AvgIpc) is 3.06. The summed E-state index contributed by atoms with van der Waals surface area (Å²) in [7, 11) is 1.69. The number of para-hydroxylation sites is 1. The number of piperidine rings is 1. The van der Waals surface area contributed by atoms with E-state index in [1.807, 2.05) is 36.4 Å². The van der Waals surface area contributed by atoms with E-state index >= 15 is 0 Å². The molecular weight excluding hydrogens is 384 g/mol. The molecule has 5 amide bonds. The molecule has 1 saturated heterocycles. The standard InChI is InChI=1S/C22H22N4O4/c1-25(22(30)23-15-7-3-2-4-8-15)12-14-6-5-9-16-17(14)13-26(21(16)29)18-10-11-19(27)24-20(18)28/h2-9,18H,10-13H2,1H3,(H,23,30)(H,24,27,28). The molecule has 8 nitrogen and oxygen atoms in total. The van der Waals surface area contributed by atoms with Gasteiger partial charge < -0.3 is 15.1 Å². The van der Waals surface area contributed by atoms with Crippen LogP contribution >= 0.6 is 0 Å².